The summed E-state index contributed by atoms with van der Waals surface area (Å²) in [6.45, 7) is 2.19. The van der Waals surface area contributed by atoms with Crippen LogP contribution in [-0.4, -0.2) is 27.0 Å². The Kier molecular flexibility index (Phi) is 6.51. The maximum absolute atomic E-state index is 12.4. The van der Waals surface area contributed by atoms with Crippen LogP contribution in [0.1, 0.15) is 17.3 Å². The SMILES string of the molecule is CC(COc1ccccc1)NC(=O)c1ccc(NS(=O)(=O)c2ccccc2)cc1. The maximum Gasteiger partial charge on any atom is 0.261 e. The molecule has 0 radical (unpaired) electrons. The van der Waals surface area contributed by atoms with Crippen LogP contribution in [0.5, 0.6) is 5.75 Å². The van der Waals surface area contributed by atoms with E-state index in [1.165, 1.54) is 12.1 Å². The van der Waals surface area contributed by atoms with Crippen LogP contribution in [0, 0.1) is 0 Å². The Balaban J connectivity index is 1.56. The number of sulfonamides is 1. The lowest BCUT2D eigenvalue weighted by molar-refractivity contribution is 0.0926. The van der Waals surface area contributed by atoms with Gasteiger partial charge in [0.05, 0.1) is 10.9 Å². The van der Waals surface area contributed by atoms with Crippen LogP contribution in [0.3, 0.4) is 0 Å². The first-order valence-corrected chi connectivity index (χ1v) is 10.6. The molecule has 29 heavy (non-hydrogen) atoms. The molecule has 0 saturated carbocycles. The molecule has 0 fully saturated rings. The van der Waals surface area contributed by atoms with E-state index in [-0.39, 0.29) is 16.8 Å². The van der Waals surface area contributed by atoms with Gasteiger partial charge in [-0.2, -0.15) is 0 Å². The third-order valence-corrected chi connectivity index (χ3v) is 5.47. The van der Waals surface area contributed by atoms with Crippen LogP contribution in [-0.2, 0) is 10.0 Å². The van der Waals surface area contributed by atoms with E-state index >= 15 is 0 Å². The van der Waals surface area contributed by atoms with E-state index in [0.717, 1.165) is 5.75 Å². The predicted octanol–water partition coefficient (Wildman–Crippen LogP) is 3.68. The monoisotopic (exact) mass is 410 g/mol. The quantitative estimate of drug-likeness (QED) is 0.593. The largest absolute Gasteiger partial charge is 0.491 e. The Hall–Kier alpha value is -3.32. The van der Waals surface area contributed by atoms with E-state index in [4.69, 9.17) is 4.74 Å². The van der Waals surface area contributed by atoms with Gasteiger partial charge in [0.15, 0.2) is 0 Å². The van der Waals surface area contributed by atoms with Crippen LogP contribution in [0.4, 0.5) is 5.69 Å². The molecular formula is C22H22N2O4S. The molecule has 1 atom stereocenters. The number of anilines is 1. The minimum Gasteiger partial charge on any atom is -0.491 e. The number of carbonyl (C=O) groups is 1. The Morgan fingerprint density at radius 3 is 2.10 bits per heavy atom. The van der Waals surface area contributed by atoms with Gasteiger partial charge >= 0.3 is 0 Å². The van der Waals surface area contributed by atoms with Crippen LogP contribution < -0.4 is 14.8 Å². The van der Waals surface area contributed by atoms with Gasteiger partial charge in [0, 0.05) is 11.3 Å². The zero-order chi connectivity index (χ0) is 20.7. The van der Waals surface area contributed by atoms with E-state index in [2.05, 4.69) is 10.0 Å². The summed E-state index contributed by atoms with van der Waals surface area (Å²) in [5.74, 6) is 0.482. The second-order valence-electron chi connectivity index (χ2n) is 6.49. The molecule has 0 saturated heterocycles. The Morgan fingerprint density at radius 1 is 0.897 bits per heavy atom. The number of ether oxygens (including phenoxy) is 1. The first kappa shape index (κ1) is 20.4. The number of para-hydroxylation sites is 1. The first-order valence-electron chi connectivity index (χ1n) is 9.11. The molecule has 2 N–H and O–H groups in total. The molecule has 7 heteroatoms. The molecule has 0 aliphatic carbocycles. The zero-order valence-electron chi connectivity index (χ0n) is 15.9. The molecule has 0 spiro atoms. The van der Waals surface area contributed by atoms with Crippen molar-refractivity contribution in [3.63, 3.8) is 0 Å². The molecule has 0 aliphatic heterocycles. The van der Waals surface area contributed by atoms with E-state index in [9.17, 15) is 13.2 Å². The van der Waals surface area contributed by atoms with Gasteiger partial charge in [-0.1, -0.05) is 36.4 Å². The number of amides is 1. The molecule has 0 heterocycles. The highest BCUT2D eigenvalue weighted by Crippen LogP contribution is 2.16. The highest BCUT2D eigenvalue weighted by molar-refractivity contribution is 7.92. The van der Waals surface area contributed by atoms with Crippen molar-refractivity contribution >= 4 is 21.6 Å². The number of benzene rings is 3. The minimum atomic E-state index is -3.67. The summed E-state index contributed by atoms with van der Waals surface area (Å²) >= 11 is 0. The van der Waals surface area contributed by atoms with Crippen molar-refractivity contribution < 1.29 is 17.9 Å². The standard InChI is InChI=1S/C22H22N2O4S/c1-17(16-28-20-8-4-2-5-9-20)23-22(25)18-12-14-19(15-13-18)24-29(26,27)21-10-6-3-7-11-21/h2-15,17,24H,16H2,1H3,(H,23,25). The molecule has 0 bridgehead atoms. The highest BCUT2D eigenvalue weighted by atomic mass is 32.2. The van der Waals surface area contributed by atoms with E-state index in [1.54, 1.807) is 42.5 Å². The third-order valence-electron chi connectivity index (χ3n) is 4.07. The van der Waals surface area contributed by atoms with E-state index < -0.39 is 10.0 Å². The van der Waals surface area contributed by atoms with E-state index in [0.29, 0.717) is 17.9 Å². The molecular weight excluding hydrogens is 388 g/mol. The Morgan fingerprint density at radius 2 is 1.48 bits per heavy atom. The van der Waals surface area contributed by atoms with Gasteiger partial charge in [-0.25, -0.2) is 8.42 Å². The van der Waals surface area contributed by atoms with Crippen LogP contribution in [0.2, 0.25) is 0 Å². The summed E-state index contributed by atoms with van der Waals surface area (Å²) < 4.78 is 32.8. The van der Waals surface area contributed by atoms with Crippen molar-refractivity contribution in [2.24, 2.45) is 0 Å². The smallest absolute Gasteiger partial charge is 0.261 e. The number of hydrogen-bond acceptors (Lipinski definition) is 4. The van der Waals surface area contributed by atoms with Crippen molar-refractivity contribution in [1.29, 1.82) is 0 Å². The molecule has 3 rings (SSSR count). The first-order chi connectivity index (χ1) is 13.9. The second kappa shape index (κ2) is 9.25. The van der Waals surface area contributed by atoms with Crippen LogP contribution in [0.25, 0.3) is 0 Å². The lowest BCUT2D eigenvalue weighted by Crippen LogP contribution is -2.36. The number of rotatable bonds is 8. The van der Waals surface area contributed by atoms with Crippen molar-refractivity contribution in [2.45, 2.75) is 17.9 Å². The van der Waals surface area contributed by atoms with Crippen molar-refractivity contribution in [3.05, 3.63) is 90.5 Å². The van der Waals surface area contributed by atoms with E-state index in [1.807, 2.05) is 37.3 Å². The highest BCUT2D eigenvalue weighted by Gasteiger charge is 2.14. The zero-order valence-corrected chi connectivity index (χ0v) is 16.7. The summed E-state index contributed by atoms with van der Waals surface area (Å²) in [4.78, 5) is 12.6. The van der Waals surface area contributed by atoms with Crippen molar-refractivity contribution in [1.82, 2.24) is 5.32 Å². The number of nitrogens with one attached hydrogen (secondary N) is 2. The minimum absolute atomic E-state index is 0.175. The topological polar surface area (TPSA) is 84.5 Å². The fourth-order valence-corrected chi connectivity index (χ4v) is 3.67. The summed E-state index contributed by atoms with van der Waals surface area (Å²) in [6.07, 6.45) is 0. The number of hydrogen-bond donors (Lipinski definition) is 2. The number of carbonyl (C=O) groups excluding carboxylic acids is 1. The summed E-state index contributed by atoms with van der Waals surface area (Å²) in [6, 6.07) is 23.5. The van der Waals surface area contributed by atoms with Crippen LogP contribution in [0.15, 0.2) is 89.8 Å². The summed E-state index contributed by atoms with van der Waals surface area (Å²) in [5, 5.41) is 2.86. The lowest BCUT2D eigenvalue weighted by atomic mass is 10.2. The average Bonchev–Trinajstić information content (AvgIpc) is 2.74. The molecule has 3 aromatic carbocycles. The summed E-state index contributed by atoms with van der Waals surface area (Å²) in [7, 11) is -3.67. The molecule has 3 aromatic rings. The molecule has 6 nitrogen and oxygen atoms in total. The molecule has 1 amide bonds. The summed E-state index contributed by atoms with van der Waals surface area (Å²) in [5.41, 5.74) is 0.810. The van der Waals surface area contributed by atoms with Gasteiger partial charge in [-0.05, 0) is 55.5 Å². The van der Waals surface area contributed by atoms with Gasteiger partial charge < -0.3 is 10.1 Å². The van der Waals surface area contributed by atoms with Crippen molar-refractivity contribution in [2.75, 3.05) is 11.3 Å². The Bertz CT molecular complexity index is 1040. The van der Waals surface area contributed by atoms with Gasteiger partial charge in [-0.3, -0.25) is 9.52 Å². The molecule has 0 aromatic heterocycles. The van der Waals surface area contributed by atoms with Gasteiger partial charge in [-0.15, -0.1) is 0 Å². The van der Waals surface area contributed by atoms with Crippen LogP contribution >= 0.6 is 0 Å². The average molecular weight is 410 g/mol. The fraction of sp³-hybridized carbons (Fsp3) is 0.136. The lowest BCUT2D eigenvalue weighted by Gasteiger charge is -2.15. The van der Waals surface area contributed by atoms with Crippen molar-refractivity contribution in [3.8, 4) is 5.75 Å². The second-order valence-corrected chi connectivity index (χ2v) is 8.18. The van der Waals surface area contributed by atoms with Gasteiger partial charge in [0.25, 0.3) is 15.9 Å². The molecule has 150 valence electrons. The normalized spacial score (nSPS) is 12.0. The molecule has 0 aliphatic rings. The Labute approximate surface area is 170 Å². The molecule has 1 unspecified atom stereocenters. The van der Waals surface area contributed by atoms with Gasteiger partial charge in [0.2, 0.25) is 0 Å². The fourth-order valence-electron chi connectivity index (χ4n) is 2.59. The maximum atomic E-state index is 12.4. The van der Waals surface area contributed by atoms with Gasteiger partial charge in [0.1, 0.15) is 12.4 Å². The third kappa shape index (κ3) is 5.83. The predicted molar refractivity (Wildman–Crippen MR) is 113 cm³/mol.